The molecule has 1 aliphatic rings. The van der Waals surface area contributed by atoms with Gasteiger partial charge in [-0.15, -0.1) is 10.2 Å². The van der Waals surface area contributed by atoms with Gasteiger partial charge in [-0.3, -0.25) is 9.69 Å². The molecular formula is C20H27F2N5O. The molecule has 0 saturated heterocycles. The summed E-state index contributed by atoms with van der Waals surface area (Å²) in [4.78, 5) is 13.8. The third-order valence-corrected chi connectivity index (χ3v) is 4.95. The molecule has 0 saturated carbocycles. The van der Waals surface area contributed by atoms with Crippen LogP contribution in [0.5, 0.6) is 0 Å². The van der Waals surface area contributed by atoms with E-state index >= 15 is 0 Å². The number of rotatable bonds is 6. The average molecular weight is 391 g/mol. The molecule has 0 bridgehead atoms. The van der Waals surface area contributed by atoms with E-state index in [4.69, 9.17) is 0 Å². The van der Waals surface area contributed by atoms with Gasteiger partial charge in [0, 0.05) is 51.2 Å². The van der Waals surface area contributed by atoms with Crippen LogP contribution >= 0.6 is 0 Å². The number of carbonyl (C=O) groups is 1. The first-order valence-corrected chi connectivity index (χ1v) is 9.69. The third-order valence-electron chi connectivity index (χ3n) is 4.95. The molecule has 6 nitrogen and oxygen atoms in total. The van der Waals surface area contributed by atoms with Crippen molar-refractivity contribution in [2.75, 3.05) is 13.1 Å². The van der Waals surface area contributed by atoms with Gasteiger partial charge in [-0.1, -0.05) is 19.9 Å². The second-order valence-corrected chi connectivity index (χ2v) is 7.77. The fourth-order valence-corrected chi connectivity index (χ4v) is 3.64. The molecule has 2 heterocycles. The quantitative estimate of drug-likeness (QED) is 0.823. The van der Waals surface area contributed by atoms with E-state index < -0.39 is 11.6 Å². The molecule has 28 heavy (non-hydrogen) atoms. The van der Waals surface area contributed by atoms with Crippen molar-refractivity contribution < 1.29 is 13.6 Å². The van der Waals surface area contributed by atoms with Gasteiger partial charge in [0.25, 0.3) is 0 Å². The molecule has 152 valence electrons. The lowest BCUT2D eigenvalue weighted by molar-refractivity contribution is -0.119. The zero-order valence-electron chi connectivity index (χ0n) is 16.6. The van der Waals surface area contributed by atoms with Gasteiger partial charge in [0.2, 0.25) is 5.91 Å². The molecule has 0 spiro atoms. The summed E-state index contributed by atoms with van der Waals surface area (Å²) in [6.45, 7) is 8.20. The molecule has 8 heteroatoms. The summed E-state index contributed by atoms with van der Waals surface area (Å²) < 4.78 is 29.2. The van der Waals surface area contributed by atoms with Crippen LogP contribution in [0.25, 0.3) is 0 Å². The molecule has 0 radical (unpaired) electrons. The highest BCUT2D eigenvalue weighted by molar-refractivity contribution is 5.73. The highest BCUT2D eigenvalue weighted by Crippen LogP contribution is 2.23. The summed E-state index contributed by atoms with van der Waals surface area (Å²) >= 11 is 0. The predicted molar refractivity (Wildman–Crippen MR) is 101 cm³/mol. The summed E-state index contributed by atoms with van der Waals surface area (Å²) in [5.41, 5.74) is 0.482. The second kappa shape index (κ2) is 8.77. The first-order valence-electron chi connectivity index (χ1n) is 9.69. The lowest BCUT2D eigenvalue weighted by Crippen LogP contribution is -2.31. The van der Waals surface area contributed by atoms with Crippen LogP contribution < -0.4 is 5.32 Å². The first kappa shape index (κ1) is 20.4. The van der Waals surface area contributed by atoms with Crippen molar-refractivity contribution in [2.24, 2.45) is 5.92 Å². The Morgan fingerprint density at radius 3 is 2.68 bits per heavy atom. The van der Waals surface area contributed by atoms with Crippen LogP contribution in [0.4, 0.5) is 8.78 Å². The average Bonchev–Trinajstić information content (AvgIpc) is 2.90. The minimum atomic E-state index is -0.567. The summed E-state index contributed by atoms with van der Waals surface area (Å²) in [6, 6.07) is 3.52. The van der Waals surface area contributed by atoms with Crippen molar-refractivity contribution in [1.82, 2.24) is 25.0 Å². The molecule has 0 aliphatic carbocycles. The van der Waals surface area contributed by atoms with E-state index in [1.807, 2.05) is 0 Å². The van der Waals surface area contributed by atoms with Gasteiger partial charge in [0.15, 0.2) is 5.82 Å². The van der Waals surface area contributed by atoms with Crippen LogP contribution in [0.1, 0.15) is 50.4 Å². The molecule has 3 rings (SSSR count). The maximum Gasteiger partial charge on any atom is 0.217 e. The minimum absolute atomic E-state index is 0.0926. The van der Waals surface area contributed by atoms with E-state index in [2.05, 4.69) is 38.8 Å². The Labute approximate surface area is 163 Å². The van der Waals surface area contributed by atoms with E-state index in [0.29, 0.717) is 44.1 Å². The second-order valence-electron chi connectivity index (χ2n) is 7.77. The van der Waals surface area contributed by atoms with Crippen molar-refractivity contribution in [3.63, 3.8) is 0 Å². The first-order chi connectivity index (χ1) is 13.3. The van der Waals surface area contributed by atoms with Gasteiger partial charge in [0.1, 0.15) is 17.5 Å². The summed E-state index contributed by atoms with van der Waals surface area (Å²) in [5.74, 6) is 0.859. The van der Waals surface area contributed by atoms with Gasteiger partial charge >= 0.3 is 0 Å². The van der Waals surface area contributed by atoms with Crippen LogP contribution in [0, 0.1) is 17.6 Å². The van der Waals surface area contributed by atoms with E-state index in [1.165, 1.54) is 19.1 Å². The molecule has 1 aromatic heterocycles. The third kappa shape index (κ3) is 4.92. The Morgan fingerprint density at radius 1 is 1.21 bits per heavy atom. The maximum atomic E-state index is 14.0. The van der Waals surface area contributed by atoms with Crippen LogP contribution in [0.3, 0.4) is 0 Å². The minimum Gasteiger partial charge on any atom is -0.346 e. The van der Waals surface area contributed by atoms with E-state index in [1.54, 1.807) is 0 Å². The molecule has 2 aromatic rings. The van der Waals surface area contributed by atoms with Crippen LogP contribution in [0.15, 0.2) is 18.2 Å². The van der Waals surface area contributed by atoms with Crippen LogP contribution in [0.2, 0.25) is 0 Å². The molecule has 1 aromatic carbocycles. The fourth-order valence-electron chi connectivity index (χ4n) is 3.64. The van der Waals surface area contributed by atoms with Crippen molar-refractivity contribution >= 4 is 5.91 Å². The zero-order valence-corrected chi connectivity index (χ0v) is 16.6. The van der Waals surface area contributed by atoms with Crippen molar-refractivity contribution in [1.29, 1.82) is 0 Å². The topological polar surface area (TPSA) is 63.1 Å². The number of hydrogen-bond donors (Lipinski definition) is 1. The lowest BCUT2D eigenvalue weighted by atomic mass is 10.0. The lowest BCUT2D eigenvalue weighted by Gasteiger charge is -2.22. The number of carbonyl (C=O) groups excluding carboxylic acids is 1. The fraction of sp³-hybridized carbons (Fsp3) is 0.550. The zero-order chi connectivity index (χ0) is 20.3. The Balaban J connectivity index is 1.74. The molecule has 1 amide bonds. The molecule has 0 fully saturated rings. The summed E-state index contributed by atoms with van der Waals surface area (Å²) in [6.07, 6.45) is 1.46. The number of amides is 1. The largest absolute Gasteiger partial charge is 0.346 e. The molecule has 1 N–H and O–H groups in total. The van der Waals surface area contributed by atoms with E-state index in [-0.39, 0.29) is 11.9 Å². The number of aromatic nitrogens is 3. The van der Waals surface area contributed by atoms with Gasteiger partial charge in [-0.2, -0.15) is 0 Å². The highest BCUT2D eigenvalue weighted by atomic mass is 19.1. The molecule has 0 unspecified atom stereocenters. The number of hydrogen-bond acceptors (Lipinski definition) is 4. The Hall–Kier alpha value is -2.35. The summed E-state index contributed by atoms with van der Waals surface area (Å²) in [5, 5.41) is 11.7. The van der Waals surface area contributed by atoms with Crippen molar-refractivity contribution in [3.8, 4) is 0 Å². The highest BCUT2D eigenvalue weighted by Gasteiger charge is 2.25. The SMILES string of the molecule is CC(=O)N[C@H](CC(C)C)c1nnc2n1CCN(Cc1ccc(F)cc1F)CC2. The monoisotopic (exact) mass is 391 g/mol. The number of nitrogens with zero attached hydrogens (tertiary/aromatic N) is 4. The predicted octanol–water partition coefficient (Wildman–Crippen LogP) is 2.84. The van der Waals surface area contributed by atoms with Gasteiger partial charge in [-0.05, 0) is 18.4 Å². The van der Waals surface area contributed by atoms with Gasteiger partial charge in [0.05, 0.1) is 6.04 Å². The van der Waals surface area contributed by atoms with Gasteiger partial charge < -0.3 is 9.88 Å². The Morgan fingerprint density at radius 2 is 2.00 bits per heavy atom. The van der Waals surface area contributed by atoms with E-state index in [9.17, 15) is 13.6 Å². The standard InChI is InChI=1S/C20H27F2N5O/c1-13(2)10-18(23-14(3)28)20-25-24-19-6-7-26(8-9-27(19)20)12-15-4-5-16(21)11-17(15)22/h4-5,11,13,18H,6-10,12H2,1-3H3,(H,23,28)/t18-/m1/s1. The molecule has 1 aliphatic heterocycles. The Bertz CT molecular complexity index is 836. The number of fused-ring (bicyclic) bond motifs is 1. The van der Waals surface area contributed by atoms with Crippen LogP contribution in [-0.2, 0) is 24.3 Å². The van der Waals surface area contributed by atoms with Crippen molar-refractivity contribution in [2.45, 2.75) is 52.7 Å². The smallest absolute Gasteiger partial charge is 0.217 e. The van der Waals surface area contributed by atoms with Crippen molar-refractivity contribution in [3.05, 3.63) is 47.0 Å². The Kier molecular flexibility index (Phi) is 6.39. The number of halogens is 2. The number of benzene rings is 1. The molecule has 1 atom stereocenters. The van der Waals surface area contributed by atoms with Crippen LogP contribution in [-0.4, -0.2) is 38.7 Å². The maximum absolute atomic E-state index is 14.0. The normalized spacial score (nSPS) is 15.9. The van der Waals surface area contributed by atoms with E-state index in [0.717, 1.165) is 24.1 Å². The summed E-state index contributed by atoms with van der Waals surface area (Å²) in [7, 11) is 0. The molecular weight excluding hydrogens is 364 g/mol. The van der Waals surface area contributed by atoms with Gasteiger partial charge in [-0.25, -0.2) is 8.78 Å². The number of nitrogens with one attached hydrogen (secondary N) is 1.